The van der Waals surface area contributed by atoms with Gasteiger partial charge in [-0.25, -0.2) is 4.58 Å². The van der Waals surface area contributed by atoms with Gasteiger partial charge < -0.3 is 22.6 Å². The lowest BCUT2D eigenvalue weighted by Gasteiger charge is -2.68. The zero-order valence-corrected chi connectivity index (χ0v) is 16.8. The normalized spacial score (nSPS) is 51.8. The maximum absolute atomic E-state index is 11.2. The zero-order valence-electron chi connectivity index (χ0n) is 16.1. The smallest absolute Gasteiger partial charge is 0.165 e. The highest BCUT2D eigenvalue weighted by Gasteiger charge is 2.70. The number of hydrogen-bond donors (Lipinski definition) is 2. The van der Waals surface area contributed by atoms with Gasteiger partial charge in [-0.1, -0.05) is 19.9 Å². The van der Waals surface area contributed by atoms with Gasteiger partial charge in [-0.15, -0.1) is 0 Å². The highest BCUT2D eigenvalue weighted by atomic mass is 35.5. The maximum Gasteiger partial charge on any atom is 0.165 e. The molecule has 1 heterocycles. The van der Waals surface area contributed by atoms with E-state index in [1.54, 1.807) is 0 Å². The van der Waals surface area contributed by atoms with Gasteiger partial charge in [-0.3, -0.25) is 0 Å². The van der Waals surface area contributed by atoms with Crippen LogP contribution in [0.1, 0.15) is 58.3 Å². The van der Waals surface area contributed by atoms with Crippen LogP contribution in [0.3, 0.4) is 0 Å². The molecule has 4 heteroatoms. The van der Waals surface area contributed by atoms with Crippen LogP contribution in [0.2, 0.25) is 0 Å². The van der Waals surface area contributed by atoms with E-state index in [9.17, 15) is 10.2 Å². The Hall–Kier alpha value is -0.380. The summed E-state index contributed by atoms with van der Waals surface area (Å²) in [5, 5.41) is 20.8. The maximum atomic E-state index is 11.2. The van der Waals surface area contributed by atoms with Crippen molar-refractivity contribution in [3.05, 3.63) is 12.2 Å². The molecule has 0 amide bonds. The molecule has 0 radical (unpaired) electrons. The molecule has 0 aromatic rings. The molecule has 1 spiro atoms. The van der Waals surface area contributed by atoms with Crippen LogP contribution in [0.15, 0.2) is 12.2 Å². The zero-order chi connectivity index (χ0) is 17.4. The number of rotatable bonds is 2. The number of aliphatic hydroxyl groups excluding tert-OH is 2. The number of nitrogens with zero attached hydrogens (tertiary/aromatic N) is 1. The van der Waals surface area contributed by atoms with E-state index in [0.29, 0.717) is 17.3 Å². The number of fused-ring (bicyclic) bond motifs is 2. The topological polar surface area (TPSA) is 43.5 Å². The van der Waals surface area contributed by atoms with Gasteiger partial charge in [-0.05, 0) is 68.3 Å². The molecule has 1 aliphatic heterocycles. The number of aliphatic hydroxyl groups is 2. The first-order chi connectivity index (χ1) is 12.0. The van der Waals surface area contributed by atoms with Crippen LogP contribution in [0, 0.1) is 34.0 Å². The van der Waals surface area contributed by atoms with Gasteiger partial charge in [0.2, 0.25) is 0 Å². The first-order valence-corrected chi connectivity index (χ1v) is 10.5. The lowest BCUT2D eigenvalue weighted by Crippen LogP contribution is -3.00. The average Bonchev–Trinajstić information content (AvgIpc) is 2.58. The first-order valence-electron chi connectivity index (χ1n) is 10.5. The second-order valence-corrected chi connectivity index (χ2v) is 10.3. The van der Waals surface area contributed by atoms with Crippen LogP contribution >= 0.6 is 0 Å². The van der Waals surface area contributed by atoms with E-state index in [1.165, 1.54) is 51.4 Å². The molecule has 7 atom stereocenters. The summed E-state index contributed by atoms with van der Waals surface area (Å²) in [5.41, 5.74) is 1.85. The first kappa shape index (κ1) is 19.0. The third-order valence-corrected chi connectivity index (χ3v) is 9.36. The van der Waals surface area contributed by atoms with Crippen molar-refractivity contribution in [2.75, 3.05) is 19.7 Å². The van der Waals surface area contributed by atoms with E-state index in [2.05, 4.69) is 24.3 Å². The van der Waals surface area contributed by atoms with E-state index in [4.69, 9.17) is 0 Å². The highest BCUT2D eigenvalue weighted by Crippen LogP contribution is 2.72. The Bertz CT molecular complexity index is 648. The van der Waals surface area contributed by atoms with Crippen molar-refractivity contribution in [2.45, 2.75) is 64.4 Å². The molecule has 0 saturated heterocycles. The van der Waals surface area contributed by atoms with Crippen LogP contribution in [0.4, 0.5) is 0 Å². The molecule has 2 N–H and O–H groups in total. The Morgan fingerprint density at radius 3 is 2.73 bits per heavy atom. The van der Waals surface area contributed by atoms with Gasteiger partial charge in [0.05, 0.1) is 11.5 Å². The van der Waals surface area contributed by atoms with Gasteiger partial charge in [0.1, 0.15) is 19.4 Å². The summed E-state index contributed by atoms with van der Waals surface area (Å²) in [7, 11) is 0. The average molecular weight is 380 g/mol. The minimum atomic E-state index is -0.282. The molecule has 26 heavy (non-hydrogen) atoms. The van der Waals surface area contributed by atoms with Crippen molar-refractivity contribution in [2.24, 2.45) is 34.0 Å². The lowest BCUT2D eigenvalue weighted by molar-refractivity contribution is -0.560. The van der Waals surface area contributed by atoms with E-state index in [1.807, 2.05) is 0 Å². The fourth-order valence-corrected chi connectivity index (χ4v) is 8.50. The fraction of sp³-hybridized carbons (Fsp3) is 0.864. The molecule has 146 valence electrons. The monoisotopic (exact) mass is 379 g/mol. The Kier molecular flexibility index (Phi) is 4.42. The summed E-state index contributed by atoms with van der Waals surface area (Å²) in [5.74, 6) is 1.91. The van der Waals surface area contributed by atoms with Crippen molar-refractivity contribution in [3.8, 4) is 0 Å². The van der Waals surface area contributed by atoms with Crippen molar-refractivity contribution < 1.29 is 27.2 Å². The second-order valence-electron chi connectivity index (χ2n) is 10.3. The van der Waals surface area contributed by atoms with Gasteiger partial charge in [0.25, 0.3) is 0 Å². The van der Waals surface area contributed by atoms with Crippen molar-refractivity contribution in [1.29, 1.82) is 0 Å². The van der Waals surface area contributed by atoms with Crippen molar-refractivity contribution in [3.63, 3.8) is 0 Å². The summed E-state index contributed by atoms with van der Waals surface area (Å²) >= 11 is 0. The molecule has 3 nitrogen and oxygen atoms in total. The van der Waals surface area contributed by atoms with Crippen LogP contribution < -0.4 is 12.4 Å². The van der Waals surface area contributed by atoms with Crippen molar-refractivity contribution >= 4 is 6.21 Å². The van der Waals surface area contributed by atoms with Gasteiger partial charge in [0, 0.05) is 10.8 Å². The highest BCUT2D eigenvalue weighted by molar-refractivity contribution is 5.65. The van der Waals surface area contributed by atoms with E-state index < -0.39 is 0 Å². The Balaban J connectivity index is 0.00000168. The Labute approximate surface area is 164 Å². The molecule has 0 aromatic heterocycles. The molecular formula is C22H34ClNO2. The number of hydrogen-bond acceptors (Lipinski definition) is 2. The summed E-state index contributed by atoms with van der Waals surface area (Å²) < 4.78 is 2.44. The minimum Gasteiger partial charge on any atom is -1.00 e. The fourth-order valence-electron chi connectivity index (χ4n) is 8.50. The Morgan fingerprint density at radius 1 is 1.19 bits per heavy atom. The molecule has 0 aromatic carbocycles. The quantitative estimate of drug-likeness (QED) is 0.524. The second kappa shape index (κ2) is 6.06. The van der Waals surface area contributed by atoms with Gasteiger partial charge >= 0.3 is 0 Å². The molecular weight excluding hydrogens is 346 g/mol. The van der Waals surface area contributed by atoms with Gasteiger partial charge in [-0.2, -0.15) is 0 Å². The van der Waals surface area contributed by atoms with E-state index in [0.717, 1.165) is 24.6 Å². The van der Waals surface area contributed by atoms with E-state index in [-0.39, 0.29) is 35.9 Å². The molecule has 5 saturated carbocycles. The van der Waals surface area contributed by atoms with Crippen LogP contribution in [0.25, 0.3) is 0 Å². The van der Waals surface area contributed by atoms with Gasteiger partial charge in [0.15, 0.2) is 6.54 Å². The lowest BCUT2D eigenvalue weighted by atomic mass is 9.35. The molecule has 6 aliphatic rings. The standard InChI is InChI=1S/C22H34NO2.ClH/c1-15-16-4-8-21(19(15)25)9-5-17-20(2)6-3-7-22(17,18(21)12-16)14-23(13-20)10-11-24;/h14,16-19,24-25H,1,3-13H2,2H3;1H/q+1;/p-1/t16?,17-,18-,19-,20+,21+,22+;/m1./s1. The third-order valence-electron chi connectivity index (χ3n) is 9.36. The molecule has 5 aliphatic carbocycles. The van der Waals surface area contributed by atoms with Crippen LogP contribution in [-0.4, -0.2) is 46.8 Å². The Morgan fingerprint density at radius 2 is 1.96 bits per heavy atom. The predicted octanol–water partition coefficient (Wildman–Crippen LogP) is -0.000400. The summed E-state index contributed by atoms with van der Waals surface area (Å²) in [6.45, 7) is 8.93. The minimum absolute atomic E-state index is 0. The molecule has 6 rings (SSSR count). The number of halogens is 1. The predicted molar refractivity (Wildman–Crippen MR) is 98.7 cm³/mol. The summed E-state index contributed by atoms with van der Waals surface area (Å²) in [6, 6.07) is 0. The third kappa shape index (κ3) is 2.17. The number of β-amino-alcohol motifs (C(OH)–C–C–N with tert-alkyl or cyclic N) is 1. The largest absolute Gasteiger partial charge is 1.00 e. The summed E-state index contributed by atoms with van der Waals surface area (Å²) in [6.07, 6.45) is 12.4. The molecule has 1 unspecified atom stereocenters. The molecule has 5 fully saturated rings. The SMILES string of the molecule is C=C1C2CC[C@@]3(CC[C@@H]4[C@@]5(C)CCC[C@@]4(C=[N+](CCO)C5)[C@@H]3C2)[C@@H]1O.[Cl-]. The molecule has 4 bridgehead atoms. The van der Waals surface area contributed by atoms with Crippen LogP contribution in [-0.2, 0) is 0 Å². The van der Waals surface area contributed by atoms with Crippen molar-refractivity contribution in [1.82, 2.24) is 0 Å². The van der Waals surface area contributed by atoms with Crippen LogP contribution in [0.5, 0.6) is 0 Å². The van der Waals surface area contributed by atoms with E-state index >= 15 is 0 Å². The summed E-state index contributed by atoms with van der Waals surface area (Å²) in [4.78, 5) is 0.